The fraction of sp³-hybridized carbons (Fsp3) is 0.467. The van der Waals surface area contributed by atoms with Crippen molar-refractivity contribution < 1.29 is 19.4 Å². The topological polar surface area (TPSA) is 78.9 Å². The van der Waals surface area contributed by atoms with Gasteiger partial charge in [0.05, 0.1) is 13.1 Å². The summed E-state index contributed by atoms with van der Waals surface area (Å²) in [5, 5.41) is 11.4. The SMILES string of the molecule is Cc1ccccc1CNC(=O)N1CC(C)(OCC(=O)O)C1. The first-order valence-electron chi connectivity index (χ1n) is 6.83. The summed E-state index contributed by atoms with van der Waals surface area (Å²) in [5.74, 6) is -1.00. The monoisotopic (exact) mass is 292 g/mol. The lowest BCUT2D eigenvalue weighted by Gasteiger charge is -2.46. The summed E-state index contributed by atoms with van der Waals surface area (Å²) < 4.78 is 5.27. The van der Waals surface area contributed by atoms with Crippen LogP contribution in [0, 0.1) is 6.92 Å². The van der Waals surface area contributed by atoms with Crippen LogP contribution in [0.3, 0.4) is 0 Å². The molecule has 1 aliphatic heterocycles. The molecule has 0 aromatic heterocycles. The highest BCUT2D eigenvalue weighted by atomic mass is 16.5. The Hall–Kier alpha value is -2.08. The van der Waals surface area contributed by atoms with Crippen LogP contribution in [0.4, 0.5) is 4.79 Å². The molecular formula is C15H20N2O4. The summed E-state index contributed by atoms with van der Waals surface area (Å²) >= 11 is 0. The van der Waals surface area contributed by atoms with Gasteiger partial charge in [0, 0.05) is 6.54 Å². The van der Waals surface area contributed by atoms with Gasteiger partial charge < -0.3 is 20.1 Å². The summed E-state index contributed by atoms with van der Waals surface area (Å²) in [7, 11) is 0. The Morgan fingerprint density at radius 2 is 2.05 bits per heavy atom. The number of rotatable bonds is 5. The number of hydrogen-bond donors (Lipinski definition) is 2. The molecule has 2 N–H and O–H groups in total. The second-order valence-electron chi connectivity index (χ2n) is 5.57. The molecule has 21 heavy (non-hydrogen) atoms. The van der Waals surface area contributed by atoms with E-state index in [-0.39, 0.29) is 12.6 Å². The van der Waals surface area contributed by atoms with Crippen LogP contribution in [0.15, 0.2) is 24.3 Å². The number of carboxylic acids is 1. The maximum atomic E-state index is 12.0. The van der Waals surface area contributed by atoms with Gasteiger partial charge in [0.1, 0.15) is 12.2 Å². The van der Waals surface area contributed by atoms with E-state index in [1.165, 1.54) is 0 Å². The molecule has 0 aliphatic carbocycles. The second-order valence-corrected chi connectivity index (χ2v) is 5.57. The van der Waals surface area contributed by atoms with Crippen LogP contribution in [0.2, 0.25) is 0 Å². The minimum Gasteiger partial charge on any atom is -0.480 e. The molecule has 0 bridgehead atoms. The molecule has 114 valence electrons. The number of carbonyl (C=O) groups excluding carboxylic acids is 1. The van der Waals surface area contributed by atoms with E-state index in [0.717, 1.165) is 11.1 Å². The van der Waals surface area contributed by atoms with E-state index in [1.54, 1.807) is 11.8 Å². The van der Waals surface area contributed by atoms with Gasteiger partial charge in [-0.2, -0.15) is 0 Å². The molecule has 6 heteroatoms. The third kappa shape index (κ3) is 3.95. The molecule has 0 atom stereocenters. The normalized spacial score (nSPS) is 16.2. The quantitative estimate of drug-likeness (QED) is 0.859. The highest BCUT2D eigenvalue weighted by Gasteiger charge is 2.42. The van der Waals surface area contributed by atoms with E-state index < -0.39 is 11.6 Å². The number of carbonyl (C=O) groups is 2. The van der Waals surface area contributed by atoms with Gasteiger partial charge in [0.15, 0.2) is 0 Å². The summed E-state index contributed by atoms with van der Waals surface area (Å²) in [6.45, 7) is 4.76. The summed E-state index contributed by atoms with van der Waals surface area (Å²) in [5.41, 5.74) is 1.66. The van der Waals surface area contributed by atoms with Crippen molar-refractivity contribution in [2.45, 2.75) is 26.0 Å². The Labute approximate surface area is 123 Å². The van der Waals surface area contributed by atoms with Crippen molar-refractivity contribution in [2.75, 3.05) is 19.7 Å². The standard InChI is InChI=1S/C15H20N2O4/c1-11-5-3-4-6-12(11)7-16-14(20)17-9-15(2,10-17)21-8-13(18)19/h3-6H,7-10H2,1-2H3,(H,16,20)(H,18,19). The van der Waals surface area contributed by atoms with Crippen molar-refractivity contribution in [3.05, 3.63) is 35.4 Å². The Balaban J connectivity index is 1.76. The van der Waals surface area contributed by atoms with Gasteiger partial charge in [-0.25, -0.2) is 9.59 Å². The lowest BCUT2D eigenvalue weighted by molar-refractivity contribution is -0.159. The van der Waals surface area contributed by atoms with Crippen molar-refractivity contribution in [1.29, 1.82) is 0 Å². The van der Waals surface area contributed by atoms with Gasteiger partial charge in [0.25, 0.3) is 0 Å². The molecule has 0 saturated carbocycles. The van der Waals surface area contributed by atoms with Crippen LogP contribution in [0.1, 0.15) is 18.1 Å². The van der Waals surface area contributed by atoms with E-state index in [0.29, 0.717) is 19.6 Å². The van der Waals surface area contributed by atoms with Crippen molar-refractivity contribution in [3.63, 3.8) is 0 Å². The van der Waals surface area contributed by atoms with Gasteiger partial charge in [-0.3, -0.25) is 0 Å². The predicted molar refractivity (Wildman–Crippen MR) is 77.0 cm³/mol. The van der Waals surface area contributed by atoms with Crippen molar-refractivity contribution in [3.8, 4) is 0 Å². The van der Waals surface area contributed by atoms with E-state index in [2.05, 4.69) is 5.32 Å². The van der Waals surface area contributed by atoms with Gasteiger partial charge in [-0.1, -0.05) is 24.3 Å². The van der Waals surface area contributed by atoms with Crippen LogP contribution in [-0.2, 0) is 16.1 Å². The number of likely N-dealkylation sites (tertiary alicyclic amines) is 1. The molecule has 1 aromatic rings. The van der Waals surface area contributed by atoms with Gasteiger partial charge in [-0.05, 0) is 25.0 Å². The molecule has 2 amide bonds. The van der Waals surface area contributed by atoms with Crippen LogP contribution in [0.5, 0.6) is 0 Å². The van der Waals surface area contributed by atoms with E-state index in [9.17, 15) is 9.59 Å². The van der Waals surface area contributed by atoms with Crippen LogP contribution >= 0.6 is 0 Å². The smallest absolute Gasteiger partial charge is 0.329 e. The fourth-order valence-electron chi connectivity index (χ4n) is 2.32. The van der Waals surface area contributed by atoms with Crippen molar-refractivity contribution in [1.82, 2.24) is 10.2 Å². The third-order valence-corrected chi connectivity index (χ3v) is 3.57. The molecule has 1 aliphatic rings. The fourth-order valence-corrected chi connectivity index (χ4v) is 2.32. The first kappa shape index (κ1) is 15.3. The molecule has 0 radical (unpaired) electrons. The highest BCUT2D eigenvalue weighted by molar-refractivity contribution is 5.75. The minimum atomic E-state index is -1.00. The Morgan fingerprint density at radius 1 is 1.38 bits per heavy atom. The number of ether oxygens (including phenoxy) is 1. The van der Waals surface area contributed by atoms with Gasteiger partial charge >= 0.3 is 12.0 Å². The lowest BCUT2D eigenvalue weighted by Crippen LogP contribution is -2.65. The van der Waals surface area contributed by atoms with Crippen LogP contribution in [-0.4, -0.2) is 47.3 Å². The number of aliphatic carboxylic acids is 1. The van der Waals surface area contributed by atoms with Crippen LogP contribution in [0.25, 0.3) is 0 Å². The van der Waals surface area contributed by atoms with Crippen molar-refractivity contribution >= 4 is 12.0 Å². The zero-order chi connectivity index (χ0) is 15.5. The summed E-state index contributed by atoms with van der Waals surface area (Å²) in [4.78, 5) is 24.1. The molecule has 2 rings (SSSR count). The Kier molecular flexibility index (Phi) is 4.47. The van der Waals surface area contributed by atoms with Gasteiger partial charge in [0.2, 0.25) is 0 Å². The maximum absolute atomic E-state index is 12.0. The zero-order valence-corrected chi connectivity index (χ0v) is 12.3. The van der Waals surface area contributed by atoms with Gasteiger partial charge in [-0.15, -0.1) is 0 Å². The molecule has 1 heterocycles. The largest absolute Gasteiger partial charge is 0.480 e. The average Bonchev–Trinajstić information content (AvgIpc) is 2.41. The van der Waals surface area contributed by atoms with E-state index >= 15 is 0 Å². The van der Waals surface area contributed by atoms with Crippen LogP contribution < -0.4 is 5.32 Å². The highest BCUT2D eigenvalue weighted by Crippen LogP contribution is 2.24. The molecule has 1 fully saturated rings. The number of urea groups is 1. The number of carboxylic acid groups (broad SMARTS) is 1. The minimum absolute atomic E-state index is 0.158. The zero-order valence-electron chi connectivity index (χ0n) is 12.3. The lowest BCUT2D eigenvalue weighted by atomic mass is 9.97. The maximum Gasteiger partial charge on any atom is 0.329 e. The first-order chi connectivity index (χ1) is 9.89. The number of benzene rings is 1. The molecule has 0 spiro atoms. The number of nitrogens with zero attached hydrogens (tertiary/aromatic N) is 1. The molecule has 6 nitrogen and oxygen atoms in total. The van der Waals surface area contributed by atoms with E-state index in [4.69, 9.17) is 9.84 Å². The summed E-state index contributed by atoms with van der Waals surface area (Å²) in [6.07, 6.45) is 0. The Morgan fingerprint density at radius 3 is 2.67 bits per heavy atom. The molecule has 1 saturated heterocycles. The molecule has 0 unspecified atom stereocenters. The number of hydrogen-bond acceptors (Lipinski definition) is 3. The Bertz CT molecular complexity index is 538. The second kappa shape index (κ2) is 6.13. The average molecular weight is 292 g/mol. The first-order valence-corrected chi connectivity index (χ1v) is 6.83. The molecule has 1 aromatic carbocycles. The number of amides is 2. The summed E-state index contributed by atoms with van der Waals surface area (Å²) in [6, 6.07) is 7.72. The van der Waals surface area contributed by atoms with Crippen molar-refractivity contribution in [2.24, 2.45) is 0 Å². The third-order valence-electron chi connectivity index (χ3n) is 3.57. The number of nitrogens with one attached hydrogen (secondary N) is 1. The molecular weight excluding hydrogens is 272 g/mol. The predicted octanol–water partition coefficient (Wildman–Crippen LogP) is 1.38. The van der Waals surface area contributed by atoms with E-state index in [1.807, 2.05) is 31.2 Å². The number of aryl methyl sites for hydroxylation is 1.